The van der Waals surface area contributed by atoms with Crippen molar-refractivity contribution in [1.82, 2.24) is 14.9 Å². The van der Waals surface area contributed by atoms with Crippen LogP contribution in [0.2, 0.25) is 0 Å². The molecule has 0 radical (unpaired) electrons. The summed E-state index contributed by atoms with van der Waals surface area (Å²) in [6.07, 6.45) is 1.02. The topological polar surface area (TPSA) is 94.1 Å². The number of nitrogen functional groups attached to an aromatic ring is 1. The number of hydrogen-bond acceptors (Lipinski definition) is 6. The molecule has 0 fully saturated rings. The molecular formula is C12H13N5O2S. The van der Waals surface area contributed by atoms with Crippen LogP contribution in [-0.2, 0) is 4.79 Å². The first kappa shape index (κ1) is 14.1. The van der Waals surface area contributed by atoms with Crippen molar-refractivity contribution in [3.8, 4) is 0 Å². The van der Waals surface area contributed by atoms with Gasteiger partial charge in [0.25, 0.3) is 5.56 Å². The van der Waals surface area contributed by atoms with Crippen molar-refractivity contribution in [3.63, 3.8) is 0 Å². The summed E-state index contributed by atoms with van der Waals surface area (Å²) in [5, 5.41) is 7.44. The minimum atomic E-state index is -0.466. The van der Waals surface area contributed by atoms with Crippen LogP contribution in [-0.4, -0.2) is 33.6 Å². The minimum Gasteiger partial charge on any atom is -0.334 e. The first-order valence-electron chi connectivity index (χ1n) is 5.74. The summed E-state index contributed by atoms with van der Waals surface area (Å²) in [6, 6.07) is 9.26. The fourth-order valence-corrected chi connectivity index (χ4v) is 2.23. The van der Waals surface area contributed by atoms with E-state index in [-0.39, 0.29) is 16.8 Å². The Morgan fingerprint density at radius 2 is 2.10 bits per heavy atom. The monoisotopic (exact) mass is 291 g/mol. The molecule has 0 saturated heterocycles. The second-order valence-corrected chi connectivity index (χ2v) is 4.85. The number of anilines is 1. The number of carbonyl (C=O) groups is 1. The number of nitrogens with zero attached hydrogens (tertiary/aromatic N) is 4. The molecule has 0 unspecified atom stereocenters. The smallest absolute Gasteiger partial charge is 0.291 e. The Kier molecular flexibility index (Phi) is 4.36. The third kappa shape index (κ3) is 3.15. The summed E-state index contributed by atoms with van der Waals surface area (Å²) in [5.41, 5.74) is 0.328. The lowest BCUT2D eigenvalue weighted by Crippen LogP contribution is -2.31. The van der Waals surface area contributed by atoms with Crippen molar-refractivity contribution >= 4 is 23.4 Å². The number of benzene rings is 1. The zero-order valence-electron chi connectivity index (χ0n) is 10.8. The summed E-state index contributed by atoms with van der Waals surface area (Å²) < 4.78 is 0.869. The standard InChI is InChI=1S/C12H13N5O2S/c1-16(9-5-3-2-4-6-9)11(19)8-20-12-15-14-7-10(18)17(12)13/h2-7H,8,13H2,1H3. The van der Waals surface area contributed by atoms with Crippen LogP contribution in [0.1, 0.15) is 0 Å². The number of rotatable bonds is 4. The molecule has 0 aliphatic rings. The Hall–Kier alpha value is -2.35. The zero-order chi connectivity index (χ0) is 14.5. The zero-order valence-corrected chi connectivity index (χ0v) is 11.6. The van der Waals surface area contributed by atoms with Gasteiger partial charge in [-0.3, -0.25) is 9.59 Å². The number of amides is 1. The van der Waals surface area contributed by atoms with E-state index < -0.39 is 5.56 Å². The van der Waals surface area contributed by atoms with Crippen LogP contribution in [0, 0.1) is 0 Å². The van der Waals surface area contributed by atoms with Crippen molar-refractivity contribution in [3.05, 3.63) is 46.9 Å². The molecule has 2 N–H and O–H groups in total. The number of nitrogens with two attached hydrogens (primary N) is 1. The van der Waals surface area contributed by atoms with Crippen LogP contribution in [0.3, 0.4) is 0 Å². The van der Waals surface area contributed by atoms with Crippen molar-refractivity contribution in [2.24, 2.45) is 0 Å². The molecule has 0 aliphatic heterocycles. The highest BCUT2D eigenvalue weighted by molar-refractivity contribution is 7.99. The molecule has 8 heteroatoms. The van der Waals surface area contributed by atoms with Gasteiger partial charge in [-0.25, -0.2) is 0 Å². The van der Waals surface area contributed by atoms with Gasteiger partial charge < -0.3 is 10.7 Å². The molecule has 7 nitrogen and oxygen atoms in total. The predicted octanol–water partition coefficient (Wildman–Crippen LogP) is 0.107. The predicted molar refractivity (Wildman–Crippen MR) is 77.0 cm³/mol. The van der Waals surface area contributed by atoms with Gasteiger partial charge in [-0.2, -0.15) is 9.77 Å². The van der Waals surface area contributed by atoms with Crippen molar-refractivity contribution in [2.75, 3.05) is 23.5 Å². The maximum absolute atomic E-state index is 12.0. The molecule has 0 spiro atoms. The molecule has 1 aromatic heterocycles. The maximum Gasteiger partial charge on any atom is 0.291 e. The normalized spacial score (nSPS) is 10.2. The Labute approximate surface area is 119 Å². The molecule has 0 atom stereocenters. The third-order valence-electron chi connectivity index (χ3n) is 2.60. The molecule has 1 amide bonds. The minimum absolute atomic E-state index is 0.112. The van der Waals surface area contributed by atoms with E-state index in [2.05, 4.69) is 10.2 Å². The molecule has 1 aromatic carbocycles. The highest BCUT2D eigenvalue weighted by atomic mass is 32.2. The van der Waals surface area contributed by atoms with Crippen molar-refractivity contribution < 1.29 is 4.79 Å². The van der Waals surface area contributed by atoms with E-state index in [9.17, 15) is 9.59 Å². The number of para-hydroxylation sites is 1. The maximum atomic E-state index is 12.0. The van der Waals surface area contributed by atoms with E-state index in [1.165, 1.54) is 4.90 Å². The Balaban J connectivity index is 2.02. The lowest BCUT2D eigenvalue weighted by atomic mass is 10.3. The average Bonchev–Trinajstić information content (AvgIpc) is 2.48. The van der Waals surface area contributed by atoms with Gasteiger partial charge in [0.05, 0.1) is 5.75 Å². The summed E-state index contributed by atoms with van der Waals surface area (Å²) in [5.74, 6) is 5.50. The van der Waals surface area contributed by atoms with Crippen LogP contribution in [0.4, 0.5) is 5.69 Å². The molecule has 0 aliphatic carbocycles. The SMILES string of the molecule is CN(C(=O)CSc1nncc(=O)n1N)c1ccccc1. The molecule has 2 rings (SSSR count). The highest BCUT2D eigenvalue weighted by Gasteiger charge is 2.13. The lowest BCUT2D eigenvalue weighted by Gasteiger charge is -2.16. The van der Waals surface area contributed by atoms with Crippen molar-refractivity contribution in [2.45, 2.75) is 5.16 Å². The Morgan fingerprint density at radius 1 is 1.40 bits per heavy atom. The van der Waals surface area contributed by atoms with Crippen LogP contribution >= 0.6 is 11.8 Å². The van der Waals surface area contributed by atoms with Crippen LogP contribution in [0.5, 0.6) is 0 Å². The molecule has 20 heavy (non-hydrogen) atoms. The largest absolute Gasteiger partial charge is 0.334 e. The van der Waals surface area contributed by atoms with Gasteiger partial charge in [-0.05, 0) is 12.1 Å². The first-order valence-corrected chi connectivity index (χ1v) is 6.72. The quantitative estimate of drug-likeness (QED) is 0.634. The van der Waals surface area contributed by atoms with E-state index >= 15 is 0 Å². The fourth-order valence-electron chi connectivity index (χ4n) is 1.45. The summed E-state index contributed by atoms with van der Waals surface area (Å²) in [6.45, 7) is 0. The summed E-state index contributed by atoms with van der Waals surface area (Å²) >= 11 is 1.07. The van der Waals surface area contributed by atoms with Gasteiger partial charge in [0.2, 0.25) is 11.1 Å². The van der Waals surface area contributed by atoms with E-state index in [4.69, 9.17) is 5.84 Å². The van der Waals surface area contributed by atoms with Gasteiger partial charge in [-0.15, -0.1) is 5.10 Å². The molecule has 104 valence electrons. The van der Waals surface area contributed by atoms with Gasteiger partial charge >= 0.3 is 0 Å². The van der Waals surface area contributed by atoms with Gasteiger partial charge in [0, 0.05) is 12.7 Å². The van der Waals surface area contributed by atoms with Crippen LogP contribution in [0.15, 0.2) is 46.5 Å². The van der Waals surface area contributed by atoms with E-state index in [1.807, 2.05) is 30.3 Å². The fraction of sp³-hybridized carbons (Fsp3) is 0.167. The average molecular weight is 291 g/mol. The van der Waals surface area contributed by atoms with Crippen LogP contribution in [0.25, 0.3) is 0 Å². The number of carbonyl (C=O) groups excluding carboxylic acids is 1. The first-order chi connectivity index (χ1) is 9.59. The lowest BCUT2D eigenvalue weighted by molar-refractivity contribution is -0.115. The van der Waals surface area contributed by atoms with Crippen LogP contribution < -0.4 is 16.3 Å². The molecule has 2 aromatic rings. The summed E-state index contributed by atoms with van der Waals surface area (Å²) in [7, 11) is 1.68. The van der Waals surface area contributed by atoms with Gasteiger partial charge in [0.15, 0.2) is 0 Å². The van der Waals surface area contributed by atoms with Gasteiger partial charge in [-0.1, -0.05) is 30.0 Å². The number of hydrogen-bond donors (Lipinski definition) is 1. The Morgan fingerprint density at radius 3 is 2.80 bits per heavy atom. The Bertz CT molecular complexity index is 658. The van der Waals surface area contributed by atoms with E-state index in [0.717, 1.165) is 28.3 Å². The molecule has 1 heterocycles. The van der Waals surface area contributed by atoms with E-state index in [1.54, 1.807) is 7.05 Å². The highest BCUT2D eigenvalue weighted by Crippen LogP contribution is 2.15. The van der Waals surface area contributed by atoms with Crippen molar-refractivity contribution in [1.29, 1.82) is 0 Å². The third-order valence-corrected chi connectivity index (χ3v) is 3.53. The van der Waals surface area contributed by atoms with E-state index in [0.29, 0.717) is 0 Å². The second kappa shape index (κ2) is 6.20. The number of thioether (sulfide) groups is 1. The molecule has 0 bridgehead atoms. The molecular weight excluding hydrogens is 278 g/mol. The molecule has 0 saturated carbocycles. The van der Waals surface area contributed by atoms with Gasteiger partial charge in [0.1, 0.15) is 6.20 Å². The second-order valence-electron chi connectivity index (χ2n) is 3.91. The number of aromatic nitrogens is 3. The summed E-state index contributed by atoms with van der Waals surface area (Å²) in [4.78, 5) is 24.8.